The second kappa shape index (κ2) is 8.02. The van der Waals surface area contributed by atoms with Crippen LogP contribution in [0.4, 0.5) is 5.69 Å². The second-order valence-corrected chi connectivity index (χ2v) is 6.82. The number of hydrazine groups is 1. The fourth-order valence-corrected chi connectivity index (χ4v) is 3.11. The summed E-state index contributed by atoms with van der Waals surface area (Å²) in [5.41, 5.74) is 6.36. The van der Waals surface area contributed by atoms with Gasteiger partial charge < -0.3 is 4.74 Å². The van der Waals surface area contributed by atoms with Crippen LogP contribution in [0.5, 0.6) is 5.75 Å². The molecule has 1 aliphatic heterocycles. The SMILES string of the molecule is Cc1cccc(COc2ccc(C=C3C(=O)NN(c4ccccc4)C3=O)cc2)c1. The molecule has 0 radical (unpaired) electrons. The van der Waals surface area contributed by atoms with E-state index in [1.165, 1.54) is 10.6 Å². The van der Waals surface area contributed by atoms with E-state index in [0.29, 0.717) is 12.3 Å². The van der Waals surface area contributed by atoms with Gasteiger partial charge in [0.15, 0.2) is 0 Å². The summed E-state index contributed by atoms with van der Waals surface area (Å²) < 4.78 is 5.81. The Kier molecular flexibility index (Phi) is 5.12. The molecule has 29 heavy (non-hydrogen) atoms. The lowest BCUT2D eigenvalue weighted by Gasteiger charge is -2.13. The summed E-state index contributed by atoms with van der Waals surface area (Å²) in [4.78, 5) is 24.9. The first-order valence-corrected chi connectivity index (χ1v) is 9.31. The minimum atomic E-state index is -0.418. The topological polar surface area (TPSA) is 58.6 Å². The van der Waals surface area contributed by atoms with E-state index in [0.717, 1.165) is 16.9 Å². The first-order chi connectivity index (χ1) is 14.1. The third-order valence-corrected chi connectivity index (χ3v) is 4.58. The van der Waals surface area contributed by atoms with Crippen molar-refractivity contribution in [2.75, 3.05) is 5.01 Å². The maximum Gasteiger partial charge on any atom is 0.282 e. The molecule has 4 rings (SSSR count). The number of ether oxygens (including phenoxy) is 1. The minimum Gasteiger partial charge on any atom is -0.489 e. The molecule has 5 heteroatoms. The summed E-state index contributed by atoms with van der Waals surface area (Å²) in [7, 11) is 0. The van der Waals surface area contributed by atoms with Gasteiger partial charge in [0.05, 0.1) is 5.69 Å². The maximum atomic E-state index is 12.6. The quantitative estimate of drug-likeness (QED) is 0.534. The van der Waals surface area contributed by atoms with Crippen LogP contribution in [0.2, 0.25) is 0 Å². The number of amides is 2. The smallest absolute Gasteiger partial charge is 0.282 e. The number of carbonyl (C=O) groups excluding carboxylic acids is 2. The van der Waals surface area contributed by atoms with Gasteiger partial charge in [-0.25, -0.2) is 5.01 Å². The average molecular weight is 384 g/mol. The van der Waals surface area contributed by atoms with Crippen molar-refractivity contribution in [2.45, 2.75) is 13.5 Å². The fraction of sp³-hybridized carbons (Fsp3) is 0.0833. The second-order valence-electron chi connectivity index (χ2n) is 6.82. The van der Waals surface area contributed by atoms with E-state index in [1.54, 1.807) is 18.2 Å². The van der Waals surface area contributed by atoms with Crippen LogP contribution in [-0.4, -0.2) is 11.8 Å². The molecule has 3 aromatic rings. The van der Waals surface area contributed by atoms with Gasteiger partial charge in [-0.3, -0.25) is 15.0 Å². The van der Waals surface area contributed by atoms with Gasteiger partial charge >= 0.3 is 0 Å². The van der Waals surface area contributed by atoms with E-state index < -0.39 is 5.91 Å². The standard InChI is InChI=1S/C24H20N2O3/c1-17-6-5-7-19(14-17)16-29-21-12-10-18(11-13-21)15-22-23(27)25-26(24(22)28)20-8-3-2-4-9-20/h2-15H,16H2,1H3,(H,25,27). The molecule has 1 N–H and O–H groups in total. The summed E-state index contributed by atoms with van der Waals surface area (Å²) >= 11 is 0. The third-order valence-electron chi connectivity index (χ3n) is 4.58. The highest BCUT2D eigenvalue weighted by atomic mass is 16.5. The number of aryl methyl sites for hydroxylation is 1. The number of benzene rings is 3. The predicted octanol–water partition coefficient (Wildman–Crippen LogP) is 4.04. The van der Waals surface area contributed by atoms with Crippen molar-refractivity contribution < 1.29 is 14.3 Å². The molecule has 0 spiro atoms. The van der Waals surface area contributed by atoms with Crippen LogP contribution in [0.1, 0.15) is 16.7 Å². The van der Waals surface area contributed by atoms with E-state index in [9.17, 15) is 9.59 Å². The molecule has 0 atom stereocenters. The van der Waals surface area contributed by atoms with Crippen LogP contribution in [-0.2, 0) is 16.2 Å². The molecule has 0 aromatic heterocycles. The largest absolute Gasteiger partial charge is 0.489 e. The molecule has 3 aromatic carbocycles. The highest BCUT2D eigenvalue weighted by Crippen LogP contribution is 2.22. The van der Waals surface area contributed by atoms with Gasteiger partial charge in [-0.05, 0) is 48.4 Å². The number of rotatable bonds is 5. The summed E-state index contributed by atoms with van der Waals surface area (Å²) in [6.07, 6.45) is 1.59. The van der Waals surface area contributed by atoms with Crippen molar-refractivity contribution in [2.24, 2.45) is 0 Å². The van der Waals surface area contributed by atoms with Gasteiger partial charge in [0.2, 0.25) is 0 Å². The molecule has 1 heterocycles. The Balaban J connectivity index is 1.45. The lowest BCUT2D eigenvalue weighted by atomic mass is 10.1. The molecule has 0 bridgehead atoms. The molecule has 5 nitrogen and oxygen atoms in total. The Morgan fingerprint density at radius 3 is 2.41 bits per heavy atom. The van der Waals surface area contributed by atoms with Crippen LogP contribution >= 0.6 is 0 Å². The minimum absolute atomic E-state index is 0.0993. The van der Waals surface area contributed by atoms with Crippen LogP contribution in [0.15, 0.2) is 84.4 Å². The zero-order chi connectivity index (χ0) is 20.2. The number of carbonyl (C=O) groups is 2. The van der Waals surface area contributed by atoms with E-state index in [-0.39, 0.29) is 11.5 Å². The first kappa shape index (κ1) is 18.5. The Hall–Kier alpha value is -3.86. The predicted molar refractivity (Wildman–Crippen MR) is 112 cm³/mol. The van der Waals surface area contributed by atoms with Crippen molar-refractivity contribution in [3.63, 3.8) is 0 Å². The van der Waals surface area contributed by atoms with E-state index >= 15 is 0 Å². The van der Waals surface area contributed by atoms with Crippen LogP contribution in [0, 0.1) is 6.92 Å². The van der Waals surface area contributed by atoms with Gasteiger partial charge in [0.1, 0.15) is 17.9 Å². The Bertz CT molecular complexity index is 1070. The normalized spacial score (nSPS) is 14.9. The van der Waals surface area contributed by atoms with Gasteiger partial charge in [-0.15, -0.1) is 0 Å². The molecular weight excluding hydrogens is 364 g/mol. The highest BCUT2D eigenvalue weighted by Gasteiger charge is 2.34. The number of hydrogen-bond acceptors (Lipinski definition) is 3. The van der Waals surface area contributed by atoms with Gasteiger partial charge in [-0.1, -0.05) is 60.2 Å². The Labute approximate surface area is 169 Å². The van der Waals surface area contributed by atoms with E-state index in [2.05, 4.69) is 11.5 Å². The molecule has 144 valence electrons. The Morgan fingerprint density at radius 2 is 1.69 bits per heavy atom. The van der Waals surface area contributed by atoms with Gasteiger partial charge in [0, 0.05) is 0 Å². The number of anilines is 1. The number of nitrogens with zero attached hydrogens (tertiary/aromatic N) is 1. The molecule has 1 aliphatic rings. The molecule has 2 amide bonds. The molecular formula is C24H20N2O3. The van der Waals surface area contributed by atoms with Gasteiger partial charge in [-0.2, -0.15) is 0 Å². The van der Waals surface area contributed by atoms with E-state index in [1.807, 2.05) is 67.6 Å². The third kappa shape index (κ3) is 4.19. The van der Waals surface area contributed by atoms with Crippen molar-refractivity contribution >= 4 is 23.6 Å². The van der Waals surface area contributed by atoms with Crippen molar-refractivity contribution in [1.82, 2.24) is 5.43 Å². The summed E-state index contributed by atoms with van der Waals surface area (Å²) in [6.45, 7) is 2.53. The van der Waals surface area contributed by atoms with Crippen LogP contribution < -0.4 is 15.2 Å². The maximum absolute atomic E-state index is 12.6. The number of para-hydroxylation sites is 1. The van der Waals surface area contributed by atoms with Crippen molar-refractivity contribution in [3.05, 3.63) is 101 Å². The zero-order valence-corrected chi connectivity index (χ0v) is 16.0. The van der Waals surface area contributed by atoms with Crippen molar-refractivity contribution in [1.29, 1.82) is 0 Å². The van der Waals surface area contributed by atoms with Crippen LogP contribution in [0.25, 0.3) is 6.08 Å². The van der Waals surface area contributed by atoms with Crippen molar-refractivity contribution in [3.8, 4) is 5.75 Å². The zero-order valence-electron chi connectivity index (χ0n) is 16.0. The summed E-state index contributed by atoms with van der Waals surface area (Å²) in [5.74, 6) is -0.0682. The summed E-state index contributed by atoms with van der Waals surface area (Å²) in [5, 5.41) is 1.26. The number of hydrogen-bond donors (Lipinski definition) is 1. The molecule has 0 aliphatic carbocycles. The average Bonchev–Trinajstić information content (AvgIpc) is 3.02. The lowest BCUT2D eigenvalue weighted by molar-refractivity contribution is -0.117. The Morgan fingerprint density at radius 1 is 0.931 bits per heavy atom. The van der Waals surface area contributed by atoms with Gasteiger partial charge in [0.25, 0.3) is 11.8 Å². The molecule has 0 saturated carbocycles. The lowest BCUT2D eigenvalue weighted by Crippen LogP contribution is -2.35. The fourth-order valence-electron chi connectivity index (χ4n) is 3.11. The molecule has 1 saturated heterocycles. The van der Waals surface area contributed by atoms with Crippen LogP contribution in [0.3, 0.4) is 0 Å². The monoisotopic (exact) mass is 384 g/mol. The highest BCUT2D eigenvalue weighted by molar-refractivity contribution is 6.31. The molecule has 0 unspecified atom stereocenters. The van der Waals surface area contributed by atoms with E-state index in [4.69, 9.17) is 4.74 Å². The first-order valence-electron chi connectivity index (χ1n) is 9.31. The summed E-state index contributed by atoms with van der Waals surface area (Å²) in [6, 6.07) is 24.5. The molecule has 1 fully saturated rings. The number of nitrogens with one attached hydrogen (secondary N) is 1.